The highest BCUT2D eigenvalue weighted by Gasteiger charge is 2.18. The summed E-state index contributed by atoms with van der Waals surface area (Å²) in [4.78, 5) is 11.1. The summed E-state index contributed by atoms with van der Waals surface area (Å²) in [6.07, 6.45) is 5.66. The van der Waals surface area contributed by atoms with Crippen LogP contribution in [0, 0.1) is 0 Å². The third-order valence-electron chi connectivity index (χ3n) is 2.13. The van der Waals surface area contributed by atoms with Crippen molar-refractivity contribution in [2.45, 2.75) is 45.6 Å². The molecular weight excluding hydrogens is 152 g/mol. The van der Waals surface area contributed by atoms with Gasteiger partial charge in [-0.1, -0.05) is 13.0 Å². The smallest absolute Gasteiger partial charge is 0.306 e. The number of esters is 1. The van der Waals surface area contributed by atoms with Crippen LogP contribution < -0.4 is 0 Å². The summed E-state index contributed by atoms with van der Waals surface area (Å²) in [5.74, 6) is -0.0582. The lowest BCUT2D eigenvalue weighted by Gasteiger charge is -2.12. The molecule has 1 atom stereocenters. The number of hydrogen-bond acceptors (Lipinski definition) is 2. The fraction of sp³-hybridized carbons (Fsp3) is 0.700. The molecule has 1 unspecified atom stereocenters. The van der Waals surface area contributed by atoms with Crippen LogP contribution in [0.15, 0.2) is 11.6 Å². The molecule has 1 aliphatic rings. The molecular formula is C10H16O2. The van der Waals surface area contributed by atoms with Gasteiger partial charge in [-0.3, -0.25) is 4.79 Å². The molecule has 0 bridgehead atoms. The number of hydrogen-bond donors (Lipinski definition) is 0. The summed E-state index contributed by atoms with van der Waals surface area (Å²) in [6, 6.07) is 0. The van der Waals surface area contributed by atoms with E-state index in [1.165, 1.54) is 5.57 Å². The monoisotopic (exact) mass is 168 g/mol. The van der Waals surface area contributed by atoms with Crippen molar-refractivity contribution in [2.75, 3.05) is 0 Å². The van der Waals surface area contributed by atoms with Crippen molar-refractivity contribution in [3.63, 3.8) is 0 Å². The number of allylic oxidation sites excluding steroid dienone is 1. The maximum Gasteiger partial charge on any atom is 0.306 e. The second-order valence-corrected chi connectivity index (χ2v) is 3.25. The van der Waals surface area contributed by atoms with Gasteiger partial charge in [0.2, 0.25) is 0 Å². The Morgan fingerprint density at radius 2 is 2.50 bits per heavy atom. The molecule has 1 aliphatic carbocycles. The van der Waals surface area contributed by atoms with E-state index in [0.29, 0.717) is 6.42 Å². The summed E-state index contributed by atoms with van der Waals surface area (Å²) < 4.78 is 5.26. The molecule has 0 aromatic rings. The average molecular weight is 168 g/mol. The Balaban J connectivity index is 2.31. The van der Waals surface area contributed by atoms with Crippen molar-refractivity contribution in [1.29, 1.82) is 0 Å². The Labute approximate surface area is 73.6 Å². The van der Waals surface area contributed by atoms with Gasteiger partial charge in [0, 0.05) is 6.42 Å². The summed E-state index contributed by atoms with van der Waals surface area (Å²) >= 11 is 0. The highest BCUT2D eigenvalue weighted by atomic mass is 16.5. The molecule has 0 N–H and O–H groups in total. The number of rotatable bonds is 3. The summed E-state index contributed by atoms with van der Waals surface area (Å²) in [7, 11) is 0. The largest absolute Gasteiger partial charge is 0.458 e. The first kappa shape index (κ1) is 9.30. The Morgan fingerprint density at radius 3 is 3.00 bits per heavy atom. The zero-order valence-corrected chi connectivity index (χ0v) is 7.80. The molecule has 0 fully saturated rings. The molecule has 1 rings (SSSR count). The predicted molar refractivity (Wildman–Crippen MR) is 47.8 cm³/mol. The first-order valence-corrected chi connectivity index (χ1v) is 4.60. The third-order valence-corrected chi connectivity index (χ3v) is 2.13. The molecule has 68 valence electrons. The predicted octanol–water partition coefficient (Wildman–Crippen LogP) is 2.44. The number of carbonyl (C=O) groups is 1. The second kappa shape index (κ2) is 4.29. The Hall–Kier alpha value is -0.790. The van der Waals surface area contributed by atoms with Crippen LogP contribution in [0.5, 0.6) is 0 Å². The van der Waals surface area contributed by atoms with Gasteiger partial charge < -0.3 is 4.74 Å². The molecule has 0 aliphatic heterocycles. The minimum absolute atomic E-state index is 0.0582. The van der Waals surface area contributed by atoms with Crippen LogP contribution in [0.2, 0.25) is 0 Å². The summed E-state index contributed by atoms with van der Waals surface area (Å²) in [5.41, 5.74) is 1.21. The van der Waals surface area contributed by atoms with Gasteiger partial charge in [0.05, 0.1) is 0 Å². The molecule has 0 saturated carbocycles. The first-order chi connectivity index (χ1) is 5.74. The van der Waals surface area contributed by atoms with E-state index in [1.54, 1.807) is 0 Å². The fourth-order valence-corrected chi connectivity index (χ4v) is 1.40. The highest BCUT2D eigenvalue weighted by molar-refractivity contribution is 5.69. The number of ether oxygens (including phenoxy) is 1. The quantitative estimate of drug-likeness (QED) is 0.478. The third kappa shape index (κ3) is 2.36. The van der Waals surface area contributed by atoms with Crippen LogP contribution in [0.25, 0.3) is 0 Å². The van der Waals surface area contributed by atoms with E-state index in [-0.39, 0.29) is 12.1 Å². The number of carbonyl (C=O) groups excluding carboxylic acids is 1. The second-order valence-electron chi connectivity index (χ2n) is 3.25. The van der Waals surface area contributed by atoms with E-state index in [1.807, 2.05) is 13.8 Å². The van der Waals surface area contributed by atoms with Crippen molar-refractivity contribution in [1.82, 2.24) is 0 Å². The van der Waals surface area contributed by atoms with Gasteiger partial charge in [0.1, 0.15) is 6.10 Å². The van der Waals surface area contributed by atoms with Gasteiger partial charge in [-0.25, -0.2) is 0 Å². The van der Waals surface area contributed by atoms with Gasteiger partial charge in [0.25, 0.3) is 0 Å². The van der Waals surface area contributed by atoms with Crippen molar-refractivity contribution in [3.05, 3.63) is 11.6 Å². The minimum atomic E-state index is -0.0582. The normalized spacial score (nSPS) is 22.2. The zero-order chi connectivity index (χ0) is 8.97. The molecule has 0 amide bonds. The van der Waals surface area contributed by atoms with Crippen LogP contribution in [0.3, 0.4) is 0 Å². The van der Waals surface area contributed by atoms with Gasteiger partial charge in [-0.2, -0.15) is 0 Å². The molecule has 0 spiro atoms. The van der Waals surface area contributed by atoms with Gasteiger partial charge in [-0.05, 0) is 31.8 Å². The molecule has 0 aromatic heterocycles. The van der Waals surface area contributed by atoms with Crippen LogP contribution in [-0.4, -0.2) is 12.1 Å². The fourth-order valence-electron chi connectivity index (χ4n) is 1.40. The Morgan fingerprint density at radius 1 is 1.75 bits per heavy atom. The van der Waals surface area contributed by atoms with E-state index in [2.05, 4.69) is 6.08 Å². The molecule has 0 saturated heterocycles. The van der Waals surface area contributed by atoms with Crippen molar-refractivity contribution >= 4 is 5.97 Å². The SMILES string of the molecule is CCCC(=O)OC1CCC=C1C. The van der Waals surface area contributed by atoms with Crippen LogP contribution in [0.1, 0.15) is 39.5 Å². The van der Waals surface area contributed by atoms with E-state index in [4.69, 9.17) is 4.74 Å². The van der Waals surface area contributed by atoms with Gasteiger partial charge in [-0.15, -0.1) is 0 Å². The van der Waals surface area contributed by atoms with Crippen molar-refractivity contribution < 1.29 is 9.53 Å². The first-order valence-electron chi connectivity index (χ1n) is 4.60. The van der Waals surface area contributed by atoms with Crippen LogP contribution in [0.4, 0.5) is 0 Å². The summed E-state index contributed by atoms with van der Waals surface area (Å²) in [5, 5.41) is 0. The average Bonchev–Trinajstić information content (AvgIpc) is 2.37. The maximum absolute atomic E-state index is 11.1. The van der Waals surface area contributed by atoms with E-state index in [9.17, 15) is 4.79 Å². The Kier molecular flexibility index (Phi) is 3.32. The van der Waals surface area contributed by atoms with Crippen LogP contribution >= 0.6 is 0 Å². The maximum atomic E-state index is 11.1. The standard InChI is InChI=1S/C10H16O2/c1-3-5-10(11)12-9-7-4-6-8(9)2/h6,9H,3-5,7H2,1-2H3. The lowest BCUT2D eigenvalue weighted by molar-refractivity contribution is -0.147. The molecule has 0 radical (unpaired) electrons. The van der Waals surface area contributed by atoms with Crippen molar-refractivity contribution in [3.8, 4) is 0 Å². The molecule has 0 heterocycles. The zero-order valence-electron chi connectivity index (χ0n) is 7.80. The molecule has 2 nitrogen and oxygen atoms in total. The summed E-state index contributed by atoms with van der Waals surface area (Å²) in [6.45, 7) is 4.01. The lowest BCUT2D eigenvalue weighted by Crippen LogP contribution is -2.16. The van der Waals surface area contributed by atoms with E-state index >= 15 is 0 Å². The van der Waals surface area contributed by atoms with E-state index < -0.39 is 0 Å². The molecule has 2 heteroatoms. The van der Waals surface area contributed by atoms with E-state index in [0.717, 1.165) is 19.3 Å². The molecule has 0 aromatic carbocycles. The van der Waals surface area contributed by atoms with Gasteiger partial charge in [0.15, 0.2) is 0 Å². The van der Waals surface area contributed by atoms with Gasteiger partial charge >= 0.3 is 5.97 Å². The van der Waals surface area contributed by atoms with Crippen molar-refractivity contribution in [2.24, 2.45) is 0 Å². The Bertz CT molecular complexity index is 194. The van der Waals surface area contributed by atoms with Crippen LogP contribution in [-0.2, 0) is 9.53 Å². The molecule has 12 heavy (non-hydrogen) atoms. The topological polar surface area (TPSA) is 26.3 Å². The minimum Gasteiger partial charge on any atom is -0.458 e. The lowest BCUT2D eigenvalue weighted by atomic mass is 10.2. The highest BCUT2D eigenvalue weighted by Crippen LogP contribution is 2.21.